The van der Waals surface area contributed by atoms with Crippen LogP contribution in [0.25, 0.3) is 0 Å². The second-order valence-corrected chi connectivity index (χ2v) is 4.20. The molecular formula is C13H18F2N2O. The van der Waals surface area contributed by atoms with Gasteiger partial charge in [-0.1, -0.05) is 6.92 Å². The number of rotatable bonds is 4. The Bertz CT molecular complexity index is 449. The number of hydrogen-bond donors (Lipinski definition) is 1. The van der Waals surface area contributed by atoms with Gasteiger partial charge in [0.2, 0.25) is 0 Å². The van der Waals surface area contributed by atoms with Crippen molar-refractivity contribution in [3.05, 3.63) is 29.3 Å². The quantitative estimate of drug-likeness (QED) is 0.842. The van der Waals surface area contributed by atoms with E-state index in [1.165, 1.54) is 4.90 Å². The van der Waals surface area contributed by atoms with Gasteiger partial charge in [0, 0.05) is 12.6 Å². The normalized spacial score (nSPS) is 12.3. The standard InChI is InChI=1S/C13H18F2N2O/c1-4-8(3)17(5-2)13(18)10-6-9(14)7-11(16)12(10)15/h6-8H,4-5,16H2,1-3H3. The van der Waals surface area contributed by atoms with Crippen LogP contribution in [0.1, 0.15) is 37.6 Å². The molecule has 0 saturated carbocycles. The van der Waals surface area contributed by atoms with Crippen LogP contribution in [-0.4, -0.2) is 23.4 Å². The lowest BCUT2D eigenvalue weighted by Crippen LogP contribution is -2.38. The van der Waals surface area contributed by atoms with Gasteiger partial charge in [0.15, 0.2) is 5.82 Å². The summed E-state index contributed by atoms with van der Waals surface area (Å²) in [4.78, 5) is 13.7. The molecule has 0 aliphatic heterocycles. The Morgan fingerprint density at radius 1 is 1.39 bits per heavy atom. The Labute approximate surface area is 106 Å². The van der Waals surface area contributed by atoms with Crippen molar-refractivity contribution in [2.75, 3.05) is 12.3 Å². The SMILES string of the molecule is CCC(C)N(CC)C(=O)c1cc(F)cc(N)c1F. The minimum atomic E-state index is -0.858. The number of nitrogens with zero attached hydrogens (tertiary/aromatic N) is 1. The largest absolute Gasteiger partial charge is 0.396 e. The number of benzene rings is 1. The topological polar surface area (TPSA) is 46.3 Å². The lowest BCUT2D eigenvalue weighted by Gasteiger charge is -2.27. The minimum Gasteiger partial charge on any atom is -0.396 e. The third kappa shape index (κ3) is 2.78. The lowest BCUT2D eigenvalue weighted by molar-refractivity contribution is 0.0694. The molecule has 1 amide bonds. The molecule has 0 spiro atoms. The first kappa shape index (κ1) is 14.4. The first-order chi connectivity index (χ1) is 8.42. The molecule has 1 atom stereocenters. The summed E-state index contributed by atoms with van der Waals surface area (Å²) < 4.78 is 27.0. The molecule has 1 rings (SSSR count). The third-order valence-electron chi connectivity index (χ3n) is 3.02. The molecular weight excluding hydrogens is 238 g/mol. The van der Waals surface area contributed by atoms with Gasteiger partial charge in [-0.3, -0.25) is 4.79 Å². The fourth-order valence-corrected chi connectivity index (χ4v) is 1.80. The first-order valence-electron chi connectivity index (χ1n) is 5.97. The molecule has 2 N–H and O–H groups in total. The molecule has 0 radical (unpaired) electrons. The van der Waals surface area contributed by atoms with Crippen LogP contribution in [0.4, 0.5) is 14.5 Å². The van der Waals surface area contributed by atoms with Crippen molar-refractivity contribution >= 4 is 11.6 Å². The zero-order chi connectivity index (χ0) is 13.9. The molecule has 18 heavy (non-hydrogen) atoms. The van der Waals surface area contributed by atoms with Crippen LogP contribution in [-0.2, 0) is 0 Å². The van der Waals surface area contributed by atoms with Gasteiger partial charge >= 0.3 is 0 Å². The molecule has 1 aromatic carbocycles. The van der Waals surface area contributed by atoms with Gasteiger partial charge in [0.05, 0.1) is 11.3 Å². The summed E-state index contributed by atoms with van der Waals surface area (Å²) in [6.45, 7) is 6.02. The van der Waals surface area contributed by atoms with Gasteiger partial charge in [-0.2, -0.15) is 0 Å². The van der Waals surface area contributed by atoms with E-state index in [1.807, 2.05) is 13.8 Å². The van der Waals surface area contributed by atoms with Gasteiger partial charge in [0.1, 0.15) is 5.82 Å². The van der Waals surface area contributed by atoms with Gasteiger partial charge < -0.3 is 10.6 Å². The highest BCUT2D eigenvalue weighted by atomic mass is 19.1. The number of carbonyl (C=O) groups excluding carboxylic acids is 1. The summed E-state index contributed by atoms with van der Waals surface area (Å²) >= 11 is 0. The number of hydrogen-bond acceptors (Lipinski definition) is 2. The molecule has 3 nitrogen and oxygen atoms in total. The summed E-state index contributed by atoms with van der Waals surface area (Å²) in [5.41, 5.74) is 4.66. The van der Waals surface area contributed by atoms with Crippen LogP contribution in [0.2, 0.25) is 0 Å². The summed E-state index contributed by atoms with van der Waals surface area (Å²) in [5, 5.41) is 0. The highest BCUT2D eigenvalue weighted by Crippen LogP contribution is 2.20. The second kappa shape index (κ2) is 5.80. The number of halogens is 2. The van der Waals surface area contributed by atoms with E-state index in [0.29, 0.717) is 6.54 Å². The summed E-state index contributed by atoms with van der Waals surface area (Å²) in [5.74, 6) is -2.10. The first-order valence-corrected chi connectivity index (χ1v) is 5.97. The number of carbonyl (C=O) groups is 1. The average Bonchev–Trinajstić information content (AvgIpc) is 2.34. The van der Waals surface area contributed by atoms with Gasteiger partial charge in [-0.15, -0.1) is 0 Å². The predicted octanol–water partition coefficient (Wildman–Crippen LogP) is 2.81. The Morgan fingerprint density at radius 2 is 2.00 bits per heavy atom. The highest BCUT2D eigenvalue weighted by Gasteiger charge is 2.23. The molecule has 100 valence electrons. The Kier molecular flexibility index (Phi) is 4.64. The zero-order valence-corrected chi connectivity index (χ0v) is 10.8. The molecule has 0 aliphatic carbocycles. The van der Waals surface area contributed by atoms with E-state index >= 15 is 0 Å². The van der Waals surface area contributed by atoms with E-state index in [2.05, 4.69) is 0 Å². The van der Waals surface area contributed by atoms with E-state index in [1.54, 1.807) is 6.92 Å². The van der Waals surface area contributed by atoms with Crippen molar-refractivity contribution in [3.63, 3.8) is 0 Å². The fraction of sp³-hybridized carbons (Fsp3) is 0.462. The predicted molar refractivity (Wildman–Crippen MR) is 67.2 cm³/mol. The van der Waals surface area contributed by atoms with E-state index < -0.39 is 17.5 Å². The Hall–Kier alpha value is -1.65. The molecule has 0 saturated heterocycles. The molecule has 0 bridgehead atoms. The molecule has 0 aromatic heterocycles. The van der Waals surface area contributed by atoms with Crippen molar-refractivity contribution in [3.8, 4) is 0 Å². The molecule has 0 fully saturated rings. The monoisotopic (exact) mass is 256 g/mol. The minimum absolute atomic E-state index is 0.0357. The third-order valence-corrected chi connectivity index (χ3v) is 3.02. The Balaban J connectivity index is 3.17. The smallest absolute Gasteiger partial charge is 0.257 e. The van der Waals surface area contributed by atoms with Crippen LogP contribution in [0, 0.1) is 11.6 Å². The van der Waals surface area contributed by atoms with E-state index in [9.17, 15) is 13.6 Å². The number of amides is 1. The average molecular weight is 256 g/mol. The zero-order valence-electron chi connectivity index (χ0n) is 10.8. The number of nitrogen functional groups attached to an aromatic ring is 1. The molecule has 1 unspecified atom stereocenters. The highest BCUT2D eigenvalue weighted by molar-refractivity contribution is 5.95. The molecule has 5 heteroatoms. The van der Waals surface area contributed by atoms with Crippen molar-refractivity contribution < 1.29 is 13.6 Å². The van der Waals surface area contributed by atoms with Crippen molar-refractivity contribution in [2.45, 2.75) is 33.2 Å². The van der Waals surface area contributed by atoms with Crippen LogP contribution >= 0.6 is 0 Å². The lowest BCUT2D eigenvalue weighted by atomic mass is 10.1. The van der Waals surface area contributed by atoms with Crippen LogP contribution < -0.4 is 5.73 Å². The maximum absolute atomic E-state index is 13.8. The Morgan fingerprint density at radius 3 is 2.50 bits per heavy atom. The van der Waals surface area contributed by atoms with Crippen LogP contribution in [0.15, 0.2) is 12.1 Å². The van der Waals surface area contributed by atoms with E-state index in [4.69, 9.17) is 5.73 Å². The van der Waals surface area contributed by atoms with Gasteiger partial charge in [-0.05, 0) is 32.4 Å². The fourth-order valence-electron chi connectivity index (χ4n) is 1.80. The summed E-state index contributed by atoms with van der Waals surface area (Å²) in [7, 11) is 0. The second-order valence-electron chi connectivity index (χ2n) is 4.20. The van der Waals surface area contributed by atoms with Gasteiger partial charge in [-0.25, -0.2) is 8.78 Å². The van der Waals surface area contributed by atoms with Gasteiger partial charge in [0.25, 0.3) is 5.91 Å². The van der Waals surface area contributed by atoms with Crippen LogP contribution in [0.5, 0.6) is 0 Å². The number of anilines is 1. The van der Waals surface area contributed by atoms with Crippen LogP contribution in [0.3, 0.4) is 0 Å². The van der Waals surface area contributed by atoms with E-state index in [-0.39, 0.29) is 17.3 Å². The summed E-state index contributed by atoms with van der Waals surface area (Å²) in [6.07, 6.45) is 0.742. The van der Waals surface area contributed by atoms with Crippen molar-refractivity contribution in [1.29, 1.82) is 0 Å². The summed E-state index contributed by atoms with van der Waals surface area (Å²) in [6, 6.07) is 1.72. The number of nitrogens with two attached hydrogens (primary N) is 1. The van der Waals surface area contributed by atoms with Crippen molar-refractivity contribution in [2.24, 2.45) is 0 Å². The maximum Gasteiger partial charge on any atom is 0.257 e. The van der Waals surface area contributed by atoms with Crippen molar-refractivity contribution in [1.82, 2.24) is 4.90 Å². The molecule has 0 heterocycles. The van der Waals surface area contributed by atoms with E-state index in [0.717, 1.165) is 18.6 Å². The molecule has 1 aromatic rings. The molecule has 0 aliphatic rings. The maximum atomic E-state index is 13.8.